The summed E-state index contributed by atoms with van der Waals surface area (Å²) in [6.07, 6.45) is -4.45. The van der Waals surface area contributed by atoms with Gasteiger partial charge in [-0.2, -0.15) is 13.2 Å². The van der Waals surface area contributed by atoms with Gasteiger partial charge in [-0.25, -0.2) is 0 Å². The molecule has 3 rings (SSSR count). The first kappa shape index (κ1) is 18.3. The van der Waals surface area contributed by atoms with Gasteiger partial charge in [-0.05, 0) is 42.5 Å². The van der Waals surface area contributed by atoms with Gasteiger partial charge in [-0.1, -0.05) is 17.7 Å². The molecular weight excluding hydrogens is 369 g/mol. The smallest absolute Gasteiger partial charge is 0.347 e. The number of benzene rings is 2. The maximum absolute atomic E-state index is 12.8. The van der Waals surface area contributed by atoms with Gasteiger partial charge in [-0.3, -0.25) is 9.59 Å². The van der Waals surface area contributed by atoms with Crippen LogP contribution in [0, 0.1) is 0 Å². The fraction of sp³-hybridized carbons (Fsp3) is 0.222. The van der Waals surface area contributed by atoms with Crippen LogP contribution < -0.4 is 10.2 Å². The van der Waals surface area contributed by atoms with Crippen molar-refractivity contribution in [1.29, 1.82) is 0 Å². The van der Waals surface area contributed by atoms with E-state index < -0.39 is 23.7 Å². The van der Waals surface area contributed by atoms with Gasteiger partial charge in [0.1, 0.15) is 0 Å². The van der Waals surface area contributed by atoms with E-state index in [1.54, 1.807) is 24.3 Å². The molecule has 1 N–H and O–H groups in total. The van der Waals surface area contributed by atoms with E-state index in [2.05, 4.69) is 5.32 Å². The molecule has 0 aromatic heterocycles. The summed E-state index contributed by atoms with van der Waals surface area (Å²) < 4.78 is 38.3. The third kappa shape index (κ3) is 3.99. The van der Waals surface area contributed by atoms with Crippen LogP contribution in [0.3, 0.4) is 0 Å². The van der Waals surface area contributed by atoms with Gasteiger partial charge in [0, 0.05) is 29.2 Å². The van der Waals surface area contributed by atoms with E-state index in [-0.39, 0.29) is 24.4 Å². The second kappa shape index (κ2) is 6.99. The summed E-state index contributed by atoms with van der Waals surface area (Å²) in [7, 11) is 0. The summed E-state index contributed by atoms with van der Waals surface area (Å²) in [6, 6.07) is 10.4. The van der Waals surface area contributed by atoms with Crippen molar-refractivity contribution < 1.29 is 22.8 Å². The summed E-state index contributed by atoms with van der Waals surface area (Å²) in [4.78, 5) is 25.9. The highest BCUT2D eigenvalue weighted by atomic mass is 35.5. The summed E-state index contributed by atoms with van der Waals surface area (Å²) in [6.45, 7) is 0.241. The Morgan fingerprint density at radius 1 is 1.15 bits per heavy atom. The van der Waals surface area contributed by atoms with E-state index in [4.69, 9.17) is 11.6 Å². The van der Waals surface area contributed by atoms with Crippen LogP contribution >= 0.6 is 11.6 Å². The van der Waals surface area contributed by atoms with Crippen LogP contribution in [0.2, 0.25) is 5.02 Å². The number of carbonyl (C=O) groups is 2. The number of hydrogen-bond acceptors (Lipinski definition) is 2. The molecule has 2 aromatic carbocycles. The number of rotatable bonds is 3. The zero-order chi connectivity index (χ0) is 18.9. The fourth-order valence-corrected chi connectivity index (χ4v) is 2.91. The summed E-state index contributed by atoms with van der Waals surface area (Å²) >= 11 is 5.82. The molecule has 26 heavy (non-hydrogen) atoms. The van der Waals surface area contributed by atoms with E-state index in [1.807, 2.05) is 0 Å². The lowest BCUT2D eigenvalue weighted by molar-refractivity contribution is -0.137. The van der Waals surface area contributed by atoms with Crippen LogP contribution in [0.1, 0.15) is 22.3 Å². The second-order valence-electron chi connectivity index (χ2n) is 5.93. The average Bonchev–Trinajstić information content (AvgIpc) is 2.95. The maximum Gasteiger partial charge on any atom is 0.416 e. The molecule has 136 valence electrons. The maximum atomic E-state index is 12.8. The van der Waals surface area contributed by atoms with Crippen LogP contribution in [0.15, 0.2) is 48.5 Å². The molecule has 0 radical (unpaired) electrons. The molecule has 1 heterocycles. The first-order valence-electron chi connectivity index (χ1n) is 7.78. The summed E-state index contributed by atoms with van der Waals surface area (Å²) in [5.74, 6) is -0.825. The van der Waals surface area contributed by atoms with E-state index in [0.29, 0.717) is 10.7 Å². The Kier molecular flexibility index (Phi) is 4.91. The van der Waals surface area contributed by atoms with Gasteiger partial charge >= 0.3 is 6.18 Å². The molecule has 0 saturated carbocycles. The Morgan fingerprint density at radius 3 is 2.50 bits per heavy atom. The van der Waals surface area contributed by atoms with E-state index in [1.165, 1.54) is 17.0 Å². The average molecular weight is 383 g/mol. The summed E-state index contributed by atoms with van der Waals surface area (Å²) in [5.41, 5.74) is -0.345. The minimum Gasteiger partial charge on any atom is -0.347 e. The number of anilines is 1. The standard InChI is InChI=1S/C18H14ClF3N2O2/c19-13-4-6-15(7-5-13)24-10-14(9-16(24)25)23-17(26)11-2-1-3-12(8-11)18(20,21)22/h1-8,14H,9-10H2,(H,23,26)/t14-/m1/s1. The van der Waals surface area contributed by atoms with Crippen molar-refractivity contribution in [3.05, 3.63) is 64.7 Å². The predicted molar refractivity (Wildman–Crippen MR) is 91.1 cm³/mol. The third-order valence-electron chi connectivity index (χ3n) is 4.05. The van der Waals surface area contributed by atoms with Crippen LogP contribution in [-0.4, -0.2) is 24.4 Å². The molecule has 1 saturated heterocycles. The lowest BCUT2D eigenvalue weighted by atomic mass is 10.1. The quantitative estimate of drug-likeness (QED) is 0.875. The van der Waals surface area contributed by atoms with E-state index >= 15 is 0 Å². The normalized spacial score (nSPS) is 17.5. The van der Waals surface area contributed by atoms with Crippen molar-refractivity contribution in [3.8, 4) is 0 Å². The fourth-order valence-electron chi connectivity index (χ4n) is 2.78. The Balaban J connectivity index is 1.69. The number of nitrogens with zero attached hydrogens (tertiary/aromatic N) is 1. The number of amides is 2. The van der Waals surface area contributed by atoms with Crippen molar-refractivity contribution >= 4 is 29.1 Å². The highest BCUT2D eigenvalue weighted by Crippen LogP contribution is 2.29. The molecule has 0 unspecified atom stereocenters. The van der Waals surface area contributed by atoms with E-state index in [0.717, 1.165) is 12.1 Å². The molecule has 0 aliphatic carbocycles. The monoisotopic (exact) mass is 382 g/mol. The lowest BCUT2D eigenvalue weighted by Gasteiger charge is -2.17. The SMILES string of the molecule is O=C(N[C@@H]1CC(=O)N(c2ccc(Cl)cc2)C1)c1cccc(C(F)(F)F)c1. The molecule has 0 spiro atoms. The highest BCUT2D eigenvalue weighted by Gasteiger charge is 2.33. The number of alkyl halides is 3. The van der Waals surface area contributed by atoms with Crippen molar-refractivity contribution in [2.45, 2.75) is 18.6 Å². The Labute approximate surface area is 152 Å². The Morgan fingerprint density at radius 2 is 1.85 bits per heavy atom. The number of hydrogen-bond donors (Lipinski definition) is 1. The lowest BCUT2D eigenvalue weighted by Crippen LogP contribution is -2.37. The van der Waals surface area contributed by atoms with Gasteiger partial charge in [0.05, 0.1) is 11.6 Å². The second-order valence-corrected chi connectivity index (χ2v) is 6.37. The zero-order valence-corrected chi connectivity index (χ0v) is 14.1. The van der Waals surface area contributed by atoms with Gasteiger partial charge in [0.15, 0.2) is 0 Å². The van der Waals surface area contributed by atoms with Gasteiger partial charge in [0.25, 0.3) is 5.91 Å². The zero-order valence-electron chi connectivity index (χ0n) is 13.4. The highest BCUT2D eigenvalue weighted by molar-refractivity contribution is 6.30. The molecule has 8 heteroatoms. The topological polar surface area (TPSA) is 49.4 Å². The van der Waals surface area contributed by atoms with Crippen LogP contribution in [0.5, 0.6) is 0 Å². The number of halogens is 4. The minimum absolute atomic E-state index is 0.0767. The predicted octanol–water partition coefficient (Wildman–Crippen LogP) is 3.89. The Bertz CT molecular complexity index is 837. The minimum atomic E-state index is -4.52. The van der Waals surface area contributed by atoms with E-state index in [9.17, 15) is 22.8 Å². The molecular formula is C18H14ClF3N2O2. The first-order chi connectivity index (χ1) is 12.2. The molecule has 1 aliphatic heterocycles. The molecule has 1 fully saturated rings. The largest absolute Gasteiger partial charge is 0.416 e. The van der Waals surface area contributed by atoms with Crippen LogP contribution in [0.25, 0.3) is 0 Å². The molecule has 4 nitrogen and oxygen atoms in total. The first-order valence-corrected chi connectivity index (χ1v) is 8.16. The Hall–Kier alpha value is -2.54. The van der Waals surface area contributed by atoms with Gasteiger partial charge in [0.2, 0.25) is 5.91 Å². The van der Waals surface area contributed by atoms with Crippen LogP contribution in [0.4, 0.5) is 18.9 Å². The summed E-state index contributed by atoms with van der Waals surface area (Å²) in [5, 5.41) is 3.16. The van der Waals surface area contributed by atoms with Crippen molar-refractivity contribution in [3.63, 3.8) is 0 Å². The molecule has 2 aromatic rings. The number of nitrogens with one attached hydrogen (secondary N) is 1. The molecule has 1 atom stereocenters. The molecule has 1 aliphatic rings. The number of carbonyl (C=O) groups excluding carboxylic acids is 2. The van der Waals surface area contributed by atoms with Gasteiger partial charge < -0.3 is 10.2 Å². The van der Waals surface area contributed by atoms with Gasteiger partial charge in [-0.15, -0.1) is 0 Å². The molecule has 2 amide bonds. The van der Waals surface area contributed by atoms with Crippen LogP contribution in [-0.2, 0) is 11.0 Å². The van der Waals surface area contributed by atoms with Crippen molar-refractivity contribution in [2.24, 2.45) is 0 Å². The van der Waals surface area contributed by atoms with Crippen molar-refractivity contribution in [1.82, 2.24) is 5.32 Å². The third-order valence-corrected chi connectivity index (χ3v) is 4.30. The molecule has 0 bridgehead atoms. The van der Waals surface area contributed by atoms with Crippen molar-refractivity contribution in [2.75, 3.05) is 11.4 Å².